The Hall–Kier alpha value is -2.54. The van der Waals surface area contributed by atoms with E-state index in [1.165, 1.54) is 18.5 Å². The van der Waals surface area contributed by atoms with E-state index < -0.39 is 21.7 Å². The highest BCUT2D eigenvalue weighted by Crippen LogP contribution is 2.13. The number of carbonyl (C=O) groups is 1. The summed E-state index contributed by atoms with van der Waals surface area (Å²) in [6, 6.07) is 10.2. The van der Waals surface area contributed by atoms with E-state index in [2.05, 4.69) is 0 Å². The van der Waals surface area contributed by atoms with Crippen molar-refractivity contribution in [3.63, 3.8) is 0 Å². The molecule has 0 saturated heterocycles. The lowest BCUT2D eigenvalue weighted by Crippen LogP contribution is -2.13. The molecule has 3 N–H and O–H groups in total. The fourth-order valence-electron chi connectivity index (χ4n) is 1.74. The molecular formula is C14H14N2O4S. The van der Waals surface area contributed by atoms with E-state index in [1.807, 2.05) is 0 Å². The van der Waals surface area contributed by atoms with Crippen LogP contribution in [-0.2, 0) is 20.6 Å². The summed E-state index contributed by atoms with van der Waals surface area (Å²) in [6.45, 7) is 0. The highest BCUT2D eigenvalue weighted by atomic mass is 32.2. The number of aliphatic hydroxyl groups is 1. The molecule has 0 aliphatic heterocycles. The van der Waals surface area contributed by atoms with Crippen LogP contribution in [0.1, 0.15) is 11.1 Å². The van der Waals surface area contributed by atoms with Crippen LogP contribution in [0.2, 0.25) is 0 Å². The Morgan fingerprint density at radius 2 is 1.90 bits per heavy atom. The van der Waals surface area contributed by atoms with Crippen molar-refractivity contribution in [3.8, 4) is 0 Å². The number of primary amides is 1. The monoisotopic (exact) mass is 306 g/mol. The summed E-state index contributed by atoms with van der Waals surface area (Å²) in [5.74, 6) is -1.75. The van der Waals surface area contributed by atoms with Gasteiger partial charge in [-0.25, -0.2) is 8.42 Å². The van der Waals surface area contributed by atoms with Crippen LogP contribution in [0.15, 0.2) is 54.6 Å². The minimum Gasteiger partial charge on any atom is -0.503 e. The van der Waals surface area contributed by atoms with Crippen LogP contribution in [0.25, 0.3) is 6.08 Å². The SMILES string of the molecule is NC(=O)C(O)=Cc1ccn(S(=O)(=O)Cc2ccccc2)c1. The van der Waals surface area contributed by atoms with Gasteiger partial charge in [-0.3, -0.25) is 8.77 Å². The Balaban J connectivity index is 2.24. The number of aromatic nitrogens is 1. The Morgan fingerprint density at radius 1 is 1.24 bits per heavy atom. The van der Waals surface area contributed by atoms with Crippen molar-refractivity contribution in [3.05, 3.63) is 65.7 Å². The topological polar surface area (TPSA) is 102 Å². The minimum absolute atomic E-state index is 0.145. The van der Waals surface area contributed by atoms with Crippen molar-refractivity contribution >= 4 is 22.0 Å². The number of rotatable bonds is 5. The second-order valence-electron chi connectivity index (χ2n) is 4.41. The van der Waals surface area contributed by atoms with E-state index in [4.69, 9.17) is 5.73 Å². The van der Waals surface area contributed by atoms with Crippen LogP contribution in [-0.4, -0.2) is 23.4 Å². The maximum atomic E-state index is 12.2. The van der Waals surface area contributed by atoms with E-state index >= 15 is 0 Å². The molecule has 6 nitrogen and oxygen atoms in total. The first-order chi connectivity index (χ1) is 9.88. The van der Waals surface area contributed by atoms with Crippen LogP contribution in [0.3, 0.4) is 0 Å². The number of hydrogen-bond donors (Lipinski definition) is 2. The number of nitrogens with two attached hydrogens (primary N) is 1. The number of nitrogens with zero attached hydrogens (tertiary/aromatic N) is 1. The molecule has 0 fully saturated rings. The molecule has 21 heavy (non-hydrogen) atoms. The summed E-state index contributed by atoms with van der Waals surface area (Å²) >= 11 is 0. The summed E-state index contributed by atoms with van der Waals surface area (Å²) in [6.07, 6.45) is 3.76. The van der Waals surface area contributed by atoms with Gasteiger partial charge in [-0.1, -0.05) is 30.3 Å². The average molecular weight is 306 g/mol. The van der Waals surface area contributed by atoms with Gasteiger partial charge in [0.2, 0.25) is 10.0 Å². The first-order valence-electron chi connectivity index (χ1n) is 6.04. The quantitative estimate of drug-likeness (QED) is 0.641. The first-order valence-corrected chi connectivity index (χ1v) is 7.65. The van der Waals surface area contributed by atoms with Gasteiger partial charge in [-0.2, -0.15) is 0 Å². The van der Waals surface area contributed by atoms with Crippen LogP contribution < -0.4 is 5.73 Å². The van der Waals surface area contributed by atoms with E-state index in [-0.39, 0.29) is 5.75 Å². The van der Waals surface area contributed by atoms with Crippen molar-refractivity contribution in [1.82, 2.24) is 3.97 Å². The molecule has 7 heteroatoms. The normalized spacial score (nSPS) is 12.3. The highest BCUT2D eigenvalue weighted by Gasteiger charge is 2.14. The molecule has 0 bridgehead atoms. The molecule has 2 rings (SSSR count). The highest BCUT2D eigenvalue weighted by molar-refractivity contribution is 7.89. The molecule has 0 atom stereocenters. The van der Waals surface area contributed by atoms with Crippen LogP contribution in [0.4, 0.5) is 0 Å². The van der Waals surface area contributed by atoms with E-state index in [1.54, 1.807) is 30.3 Å². The molecule has 110 valence electrons. The van der Waals surface area contributed by atoms with Crippen molar-refractivity contribution < 1.29 is 18.3 Å². The summed E-state index contributed by atoms with van der Waals surface area (Å²) < 4.78 is 25.5. The number of aliphatic hydroxyl groups excluding tert-OH is 1. The third kappa shape index (κ3) is 3.73. The molecule has 0 aliphatic carbocycles. The van der Waals surface area contributed by atoms with Gasteiger partial charge < -0.3 is 10.8 Å². The molecule has 0 radical (unpaired) electrons. The standard InChI is InChI=1S/C14H14N2O4S/c15-14(18)13(17)8-12-6-7-16(9-12)21(19,20)10-11-4-2-1-3-5-11/h1-9,17H,10H2,(H2,15,18). The number of benzene rings is 1. The maximum absolute atomic E-state index is 12.2. The zero-order valence-corrected chi connectivity index (χ0v) is 11.8. The Kier molecular flexibility index (Phi) is 4.13. The van der Waals surface area contributed by atoms with Crippen LogP contribution in [0.5, 0.6) is 0 Å². The molecule has 1 amide bonds. The van der Waals surface area contributed by atoms with Crippen LogP contribution in [0, 0.1) is 0 Å². The van der Waals surface area contributed by atoms with Crippen molar-refractivity contribution in [2.45, 2.75) is 5.75 Å². The lowest BCUT2D eigenvalue weighted by atomic mass is 10.2. The second kappa shape index (κ2) is 5.84. The predicted octanol–water partition coefficient (Wildman–Crippen LogP) is 1.25. The van der Waals surface area contributed by atoms with Gasteiger partial charge >= 0.3 is 0 Å². The van der Waals surface area contributed by atoms with Gasteiger partial charge in [0.25, 0.3) is 5.91 Å². The second-order valence-corrected chi connectivity index (χ2v) is 6.28. The number of carbonyl (C=O) groups excluding carboxylic acids is 1. The van der Waals surface area contributed by atoms with Crippen molar-refractivity contribution in [1.29, 1.82) is 0 Å². The molecule has 1 aromatic heterocycles. The van der Waals surface area contributed by atoms with Crippen LogP contribution >= 0.6 is 0 Å². The fourth-order valence-corrected chi connectivity index (χ4v) is 3.03. The Morgan fingerprint density at radius 3 is 2.52 bits per heavy atom. The van der Waals surface area contributed by atoms with Crippen molar-refractivity contribution in [2.24, 2.45) is 5.73 Å². The average Bonchev–Trinajstić information content (AvgIpc) is 2.88. The molecule has 0 aliphatic rings. The summed E-state index contributed by atoms with van der Waals surface area (Å²) in [5.41, 5.74) is 5.93. The smallest absolute Gasteiger partial charge is 0.283 e. The summed E-state index contributed by atoms with van der Waals surface area (Å²) in [5, 5.41) is 9.26. The van der Waals surface area contributed by atoms with E-state index in [0.29, 0.717) is 11.1 Å². The Bertz CT molecular complexity index is 776. The molecule has 2 aromatic rings. The minimum atomic E-state index is -3.56. The molecule has 0 saturated carbocycles. The van der Waals surface area contributed by atoms with Gasteiger partial charge in [0.05, 0.1) is 5.75 Å². The summed E-state index contributed by atoms with van der Waals surface area (Å²) in [7, 11) is -3.56. The maximum Gasteiger partial charge on any atom is 0.283 e. The van der Waals surface area contributed by atoms with Gasteiger partial charge in [0.1, 0.15) is 0 Å². The fraction of sp³-hybridized carbons (Fsp3) is 0.0714. The van der Waals surface area contributed by atoms with Gasteiger partial charge in [-0.05, 0) is 23.3 Å². The molecule has 1 aromatic carbocycles. The lowest BCUT2D eigenvalue weighted by molar-refractivity contribution is -0.116. The zero-order valence-electron chi connectivity index (χ0n) is 11.0. The molecule has 0 spiro atoms. The van der Waals surface area contributed by atoms with Gasteiger partial charge in [-0.15, -0.1) is 0 Å². The van der Waals surface area contributed by atoms with Gasteiger partial charge in [0, 0.05) is 12.4 Å². The third-order valence-electron chi connectivity index (χ3n) is 2.76. The molecular weight excluding hydrogens is 292 g/mol. The van der Waals surface area contributed by atoms with E-state index in [0.717, 1.165) is 10.0 Å². The molecule has 1 heterocycles. The Labute approximate surface area is 122 Å². The van der Waals surface area contributed by atoms with E-state index in [9.17, 15) is 18.3 Å². The summed E-state index contributed by atoms with van der Waals surface area (Å²) in [4.78, 5) is 10.7. The van der Waals surface area contributed by atoms with Gasteiger partial charge in [0.15, 0.2) is 5.76 Å². The van der Waals surface area contributed by atoms with Crippen molar-refractivity contribution in [2.75, 3.05) is 0 Å². The predicted molar refractivity (Wildman–Crippen MR) is 78.7 cm³/mol. The lowest BCUT2D eigenvalue weighted by Gasteiger charge is -2.05. The number of amides is 1. The molecule has 0 unspecified atom stereocenters. The largest absolute Gasteiger partial charge is 0.503 e. The third-order valence-corrected chi connectivity index (χ3v) is 4.33. The number of hydrogen-bond acceptors (Lipinski definition) is 4. The first kappa shape index (κ1) is 14.9. The zero-order chi connectivity index (χ0) is 15.5.